The summed E-state index contributed by atoms with van der Waals surface area (Å²) >= 11 is 0. The van der Waals surface area contributed by atoms with E-state index in [1.165, 1.54) is 42.7 Å². The quantitative estimate of drug-likeness (QED) is 0.722. The van der Waals surface area contributed by atoms with Gasteiger partial charge in [-0.3, -0.25) is 14.1 Å². The molecule has 9 heteroatoms. The summed E-state index contributed by atoms with van der Waals surface area (Å²) in [5.74, 6) is 0. The number of fused-ring (bicyclic) bond motifs is 1. The number of aromatic amines is 1. The number of nitrogens with zero attached hydrogens (tertiary/aromatic N) is 2. The van der Waals surface area contributed by atoms with Gasteiger partial charge in [-0.05, 0) is 18.2 Å². The number of hydrogen-bond acceptors (Lipinski definition) is 6. The summed E-state index contributed by atoms with van der Waals surface area (Å²) in [5.41, 5.74) is -1.67. The van der Waals surface area contributed by atoms with Crippen molar-refractivity contribution in [1.29, 1.82) is 0 Å². The molecule has 0 bridgehead atoms. The molecule has 0 aliphatic heterocycles. The Morgan fingerprint density at radius 3 is 2.55 bits per heavy atom. The normalized spacial score (nSPS) is 11.5. The van der Waals surface area contributed by atoms with Gasteiger partial charge in [-0.15, -0.1) is 0 Å². The lowest BCUT2D eigenvalue weighted by Gasteiger charge is -2.07. The smallest absolute Gasteiger partial charge is 0.304 e. The largest absolute Gasteiger partial charge is 0.363 e. The van der Waals surface area contributed by atoms with E-state index in [0.29, 0.717) is 0 Å². The number of rotatable bonds is 3. The van der Waals surface area contributed by atoms with Gasteiger partial charge >= 0.3 is 21.4 Å². The third-order valence-electron chi connectivity index (χ3n) is 2.87. The van der Waals surface area contributed by atoms with E-state index in [1.807, 2.05) is 0 Å². The highest BCUT2D eigenvalue weighted by Crippen LogP contribution is 2.08. The number of H-pyrrole nitrogens is 1. The molecule has 0 saturated carbocycles. The highest BCUT2D eigenvalue weighted by atomic mass is 32.2. The summed E-state index contributed by atoms with van der Waals surface area (Å²) in [5, 5.41) is 0.0327. The summed E-state index contributed by atoms with van der Waals surface area (Å²) in [6.45, 7) is 0. The Hall–Kier alpha value is -2.94. The van der Waals surface area contributed by atoms with Crippen LogP contribution in [0.1, 0.15) is 0 Å². The van der Waals surface area contributed by atoms with Gasteiger partial charge in [-0.1, -0.05) is 22.9 Å². The number of hydrogen-bond donors (Lipinski definition) is 1. The Balaban J connectivity index is 2.16. The predicted molar refractivity (Wildman–Crippen MR) is 76.8 cm³/mol. The lowest BCUT2D eigenvalue weighted by atomic mass is 10.3. The van der Waals surface area contributed by atoms with Crippen molar-refractivity contribution in [1.82, 2.24) is 14.7 Å². The fourth-order valence-corrected chi connectivity index (χ4v) is 2.75. The maximum absolute atomic E-state index is 12.2. The standard InChI is InChI=1S/C13H9N3O5S/c17-12-10-8-14-7-6-11(10)15-13(18)16(12)21-22(19,20)9-4-2-1-3-5-9/h1-8H,(H,15,18). The molecule has 1 aromatic carbocycles. The second-order valence-electron chi connectivity index (χ2n) is 4.29. The van der Waals surface area contributed by atoms with Gasteiger partial charge in [0.15, 0.2) is 0 Å². The first kappa shape index (κ1) is 14.0. The van der Waals surface area contributed by atoms with Crippen LogP contribution in [0.5, 0.6) is 0 Å². The van der Waals surface area contributed by atoms with E-state index in [2.05, 4.69) is 14.3 Å². The molecular weight excluding hydrogens is 310 g/mol. The molecule has 0 unspecified atom stereocenters. The SMILES string of the molecule is O=c1[nH]c2ccncc2c(=O)n1OS(=O)(=O)c1ccccc1. The lowest BCUT2D eigenvalue weighted by Crippen LogP contribution is -2.41. The minimum absolute atomic E-state index is 0.0327. The molecule has 0 atom stereocenters. The summed E-state index contributed by atoms with van der Waals surface area (Å²) < 4.78 is 29.0. The zero-order chi connectivity index (χ0) is 15.7. The fraction of sp³-hybridized carbons (Fsp3) is 0. The summed E-state index contributed by atoms with van der Waals surface area (Å²) in [4.78, 5) is 30.0. The third kappa shape index (κ3) is 2.37. The molecule has 0 amide bonds. The highest BCUT2D eigenvalue weighted by Gasteiger charge is 2.20. The van der Waals surface area contributed by atoms with Crippen molar-refractivity contribution in [3.63, 3.8) is 0 Å². The Labute approximate surface area is 123 Å². The van der Waals surface area contributed by atoms with Crippen LogP contribution in [0.4, 0.5) is 0 Å². The molecule has 22 heavy (non-hydrogen) atoms. The first-order chi connectivity index (χ1) is 10.5. The Morgan fingerprint density at radius 1 is 1.09 bits per heavy atom. The maximum atomic E-state index is 12.2. The van der Waals surface area contributed by atoms with E-state index in [1.54, 1.807) is 6.07 Å². The van der Waals surface area contributed by atoms with Crippen LogP contribution >= 0.6 is 0 Å². The predicted octanol–water partition coefficient (Wildman–Crippen LogP) is -0.0977. The van der Waals surface area contributed by atoms with Crippen LogP contribution in [0.25, 0.3) is 10.9 Å². The second kappa shape index (κ2) is 5.11. The van der Waals surface area contributed by atoms with Gasteiger partial charge in [0.05, 0.1) is 10.9 Å². The van der Waals surface area contributed by atoms with Crippen LogP contribution in [0.3, 0.4) is 0 Å². The third-order valence-corrected chi connectivity index (χ3v) is 4.06. The van der Waals surface area contributed by atoms with Crippen molar-refractivity contribution in [2.45, 2.75) is 4.90 Å². The second-order valence-corrected chi connectivity index (χ2v) is 5.82. The van der Waals surface area contributed by atoms with Gasteiger partial charge in [0.25, 0.3) is 0 Å². The fourth-order valence-electron chi connectivity index (χ4n) is 1.84. The molecule has 0 radical (unpaired) electrons. The molecule has 3 aromatic rings. The van der Waals surface area contributed by atoms with Crippen molar-refractivity contribution in [3.8, 4) is 0 Å². The van der Waals surface area contributed by atoms with Gasteiger partial charge < -0.3 is 4.98 Å². The lowest BCUT2D eigenvalue weighted by molar-refractivity contribution is 0.254. The van der Waals surface area contributed by atoms with Crippen molar-refractivity contribution in [2.24, 2.45) is 0 Å². The molecule has 112 valence electrons. The van der Waals surface area contributed by atoms with Gasteiger partial charge in [0, 0.05) is 12.4 Å². The van der Waals surface area contributed by atoms with Crippen LogP contribution < -0.4 is 15.5 Å². The van der Waals surface area contributed by atoms with Crippen molar-refractivity contribution in [3.05, 3.63) is 69.6 Å². The van der Waals surface area contributed by atoms with Gasteiger partial charge in [-0.2, -0.15) is 8.42 Å². The molecule has 0 aliphatic rings. The molecule has 0 saturated heterocycles. The van der Waals surface area contributed by atoms with Crippen LogP contribution in [0, 0.1) is 0 Å². The monoisotopic (exact) mass is 319 g/mol. The molecule has 2 heterocycles. The molecule has 3 rings (SSSR count). The van der Waals surface area contributed by atoms with Crippen LogP contribution in [-0.2, 0) is 10.1 Å². The topological polar surface area (TPSA) is 111 Å². The van der Waals surface area contributed by atoms with E-state index in [9.17, 15) is 18.0 Å². The first-order valence-corrected chi connectivity index (χ1v) is 7.49. The van der Waals surface area contributed by atoms with Gasteiger partial charge in [0.1, 0.15) is 4.90 Å². The number of nitrogens with one attached hydrogen (secondary N) is 1. The van der Waals surface area contributed by atoms with E-state index in [4.69, 9.17) is 0 Å². The zero-order valence-electron chi connectivity index (χ0n) is 11.0. The first-order valence-electron chi connectivity index (χ1n) is 6.08. The molecule has 2 aromatic heterocycles. The van der Waals surface area contributed by atoms with E-state index < -0.39 is 21.4 Å². The average molecular weight is 319 g/mol. The Bertz CT molecular complexity index is 1050. The minimum Gasteiger partial charge on any atom is -0.304 e. The van der Waals surface area contributed by atoms with Crippen molar-refractivity contribution >= 4 is 21.0 Å². The summed E-state index contributed by atoms with van der Waals surface area (Å²) in [6, 6.07) is 8.61. The number of benzene rings is 1. The van der Waals surface area contributed by atoms with Crippen LogP contribution in [-0.4, -0.2) is 23.1 Å². The number of aromatic nitrogens is 3. The van der Waals surface area contributed by atoms with Crippen molar-refractivity contribution < 1.29 is 12.7 Å². The molecule has 1 N–H and O–H groups in total. The summed E-state index contributed by atoms with van der Waals surface area (Å²) in [7, 11) is -4.30. The molecule has 0 fully saturated rings. The number of pyridine rings is 1. The Kier molecular flexibility index (Phi) is 3.26. The van der Waals surface area contributed by atoms with E-state index >= 15 is 0 Å². The van der Waals surface area contributed by atoms with Gasteiger partial charge in [-0.25, -0.2) is 4.79 Å². The Morgan fingerprint density at radius 2 is 1.82 bits per heavy atom. The highest BCUT2D eigenvalue weighted by molar-refractivity contribution is 7.87. The van der Waals surface area contributed by atoms with Gasteiger partial charge in [0.2, 0.25) is 0 Å². The molecule has 0 aliphatic carbocycles. The van der Waals surface area contributed by atoms with E-state index in [-0.39, 0.29) is 20.5 Å². The van der Waals surface area contributed by atoms with Crippen molar-refractivity contribution in [2.75, 3.05) is 0 Å². The zero-order valence-corrected chi connectivity index (χ0v) is 11.8. The molecular formula is C13H9N3O5S. The molecule has 0 spiro atoms. The van der Waals surface area contributed by atoms with E-state index in [0.717, 1.165) is 0 Å². The maximum Gasteiger partial charge on any atom is 0.363 e. The van der Waals surface area contributed by atoms with Crippen LogP contribution in [0.2, 0.25) is 0 Å². The minimum atomic E-state index is -4.30. The summed E-state index contributed by atoms with van der Waals surface area (Å²) in [6.07, 6.45) is 2.60. The van der Waals surface area contributed by atoms with Crippen LogP contribution in [0.15, 0.2) is 63.3 Å². The molecule has 8 nitrogen and oxygen atoms in total. The average Bonchev–Trinajstić information content (AvgIpc) is 2.52.